The van der Waals surface area contributed by atoms with E-state index < -0.39 is 0 Å². The van der Waals surface area contributed by atoms with Crippen LogP contribution in [0.1, 0.15) is 49.2 Å². The molecule has 4 fully saturated rings. The van der Waals surface area contributed by atoms with Crippen molar-refractivity contribution in [1.82, 2.24) is 5.32 Å². The zero-order chi connectivity index (χ0) is 13.7. The third-order valence-electron chi connectivity index (χ3n) is 6.26. The first-order valence-corrected chi connectivity index (χ1v) is 8.45. The zero-order valence-electron chi connectivity index (χ0n) is 12.8. The molecule has 2 heteroatoms. The van der Waals surface area contributed by atoms with Gasteiger partial charge in [0.05, 0.1) is 0 Å². The summed E-state index contributed by atoms with van der Waals surface area (Å²) in [4.78, 5) is 0. The summed E-state index contributed by atoms with van der Waals surface area (Å²) >= 11 is 0. The van der Waals surface area contributed by atoms with Gasteiger partial charge in [0.1, 0.15) is 11.5 Å². The van der Waals surface area contributed by atoms with Crippen molar-refractivity contribution in [3.05, 3.63) is 23.2 Å². The molecule has 5 rings (SSSR count). The molecule has 1 aromatic heterocycles. The van der Waals surface area contributed by atoms with Gasteiger partial charge in [0, 0.05) is 12.1 Å². The van der Waals surface area contributed by atoms with Gasteiger partial charge in [-0.05, 0) is 88.2 Å². The molecule has 20 heavy (non-hydrogen) atoms. The van der Waals surface area contributed by atoms with E-state index in [9.17, 15) is 0 Å². The fourth-order valence-corrected chi connectivity index (χ4v) is 5.60. The second kappa shape index (κ2) is 4.91. The van der Waals surface area contributed by atoms with Gasteiger partial charge in [-0.25, -0.2) is 0 Å². The Morgan fingerprint density at radius 1 is 1.05 bits per heavy atom. The van der Waals surface area contributed by atoms with Crippen LogP contribution in [-0.4, -0.2) is 6.54 Å². The summed E-state index contributed by atoms with van der Waals surface area (Å²) in [5, 5.41) is 3.72. The number of furan rings is 1. The molecule has 1 aromatic rings. The highest BCUT2D eigenvalue weighted by atomic mass is 16.3. The minimum absolute atomic E-state index is 0.955. The van der Waals surface area contributed by atoms with Crippen LogP contribution in [0.5, 0.6) is 0 Å². The van der Waals surface area contributed by atoms with Crippen LogP contribution in [0.4, 0.5) is 0 Å². The van der Waals surface area contributed by atoms with Crippen molar-refractivity contribution in [2.45, 2.75) is 52.5 Å². The van der Waals surface area contributed by atoms with Crippen molar-refractivity contribution in [1.29, 1.82) is 0 Å². The largest absolute Gasteiger partial charge is 0.466 e. The predicted molar refractivity (Wildman–Crippen MR) is 80.4 cm³/mol. The topological polar surface area (TPSA) is 25.2 Å². The molecule has 110 valence electrons. The summed E-state index contributed by atoms with van der Waals surface area (Å²) in [6, 6.07) is 2.18. The van der Waals surface area contributed by atoms with Crippen LogP contribution in [0, 0.1) is 43.4 Å². The Bertz CT molecular complexity index is 462. The van der Waals surface area contributed by atoms with E-state index in [4.69, 9.17) is 4.42 Å². The van der Waals surface area contributed by atoms with Gasteiger partial charge in [-0.2, -0.15) is 0 Å². The first kappa shape index (κ1) is 12.9. The molecule has 0 amide bonds. The number of aryl methyl sites for hydroxylation is 2. The number of hydrogen-bond acceptors (Lipinski definition) is 2. The summed E-state index contributed by atoms with van der Waals surface area (Å²) in [6.45, 7) is 6.31. The van der Waals surface area contributed by atoms with Gasteiger partial charge in [0.25, 0.3) is 0 Å². The van der Waals surface area contributed by atoms with Gasteiger partial charge in [0.2, 0.25) is 0 Å². The normalized spacial score (nSPS) is 38.6. The maximum absolute atomic E-state index is 5.61. The van der Waals surface area contributed by atoms with Crippen molar-refractivity contribution >= 4 is 0 Å². The third kappa shape index (κ3) is 2.22. The molecule has 4 aliphatic carbocycles. The molecule has 0 atom stereocenters. The van der Waals surface area contributed by atoms with Crippen molar-refractivity contribution in [2.24, 2.45) is 29.6 Å². The lowest BCUT2D eigenvalue weighted by Crippen LogP contribution is -2.48. The zero-order valence-corrected chi connectivity index (χ0v) is 12.8. The maximum atomic E-state index is 5.61. The van der Waals surface area contributed by atoms with E-state index in [0.29, 0.717) is 0 Å². The maximum Gasteiger partial charge on any atom is 0.105 e. The van der Waals surface area contributed by atoms with E-state index in [0.717, 1.165) is 47.7 Å². The van der Waals surface area contributed by atoms with Gasteiger partial charge in [-0.3, -0.25) is 0 Å². The number of hydrogen-bond donors (Lipinski definition) is 1. The van der Waals surface area contributed by atoms with Crippen LogP contribution in [0.3, 0.4) is 0 Å². The lowest BCUT2D eigenvalue weighted by molar-refractivity contribution is -0.0355. The molecule has 0 spiro atoms. The van der Waals surface area contributed by atoms with E-state index in [-0.39, 0.29) is 0 Å². The molecule has 0 saturated heterocycles. The van der Waals surface area contributed by atoms with Gasteiger partial charge in [-0.15, -0.1) is 0 Å². The predicted octanol–water partition coefficient (Wildman–Crippen LogP) is 4.06. The Labute approximate surface area is 122 Å². The Hall–Kier alpha value is -0.760. The lowest BCUT2D eigenvalue weighted by atomic mass is 9.52. The van der Waals surface area contributed by atoms with Gasteiger partial charge >= 0.3 is 0 Å². The second-order valence-corrected chi connectivity index (χ2v) is 7.66. The highest BCUT2D eigenvalue weighted by molar-refractivity contribution is 5.19. The Morgan fingerprint density at radius 2 is 1.70 bits per heavy atom. The molecule has 0 aromatic carbocycles. The Morgan fingerprint density at radius 3 is 2.25 bits per heavy atom. The average molecular weight is 273 g/mol. The van der Waals surface area contributed by atoms with Crippen LogP contribution >= 0.6 is 0 Å². The first-order chi connectivity index (χ1) is 9.69. The fraction of sp³-hybridized carbons (Fsp3) is 0.778. The van der Waals surface area contributed by atoms with E-state index in [1.54, 1.807) is 6.42 Å². The van der Waals surface area contributed by atoms with E-state index in [1.807, 2.05) is 6.92 Å². The highest BCUT2D eigenvalue weighted by Crippen LogP contribution is 2.56. The standard InChI is InChI=1S/C18H27NO/c1-11-3-17(12(2)20-11)9-19-10-18-15-5-13-4-14(7-15)8-16(18)6-13/h3,13-16,18-19H,4-10H2,1-2H3. The molecular formula is C18H27NO. The van der Waals surface area contributed by atoms with E-state index in [2.05, 4.69) is 18.3 Å². The minimum Gasteiger partial charge on any atom is -0.466 e. The summed E-state index contributed by atoms with van der Waals surface area (Å²) in [5.41, 5.74) is 1.34. The Kier molecular flexibility index (Phi) is 3.17. The van der Waals surface area contributed by atoms with Crippen molar-refractivity contribution in [3.8, 4) is 0 Å². The molecule has 0 radical (unpaired) electrons. The summed E-state index contributed by atoms with van der Waals surface area (Å²) < 4.78 is 5.61. The molecule has 1 N–H and O–H groups in total. The SMILES string of the molecule is Cc1cc(CNCC2C3CC4CC(C3)CC2C4)c(C)o1. The van der Waals surface area contributed by atoms with Gasteiger partial charge in [0.15, 0.2) is 0 Å². The molecular weight excluding hydrogens is 246 g/mol. The van der Waals surface area contributed by atoms with E-state index >= 15 is 0 Å². The summed E-state index contributed by atoms with van der Waals surface area (Å²) in [5.74, 6) is 7.32. The number of rotatable bonds is 4. The summed E-state index contributed by atoms with van der Waals surface area (Å²) in [7, 11) is 0. The molecule has 4 bridgehead atoms. The van der Waals surface area contributed by atoms with Crippen molar-refractivity contribution in [2.75, 3.05) is 6.54 Å². The molecule has 4 aliphatic rings. The second-order valence-electron chi connectivity index (χ2n) is 7.66. The van der Waals surface area contributed by atoms with Crippen LogP contribution in [-0.2, 0) is 6.54 Å². The number of nitrogens with one attached hydrogen (secondary N) is 1. The van der Waals surface area contributed by atoms with E-state index in [1.165, 1.54) is 37.8 Å². The first-order valence-electron chi connectivity index (χ1n) is 8.45. The van der Waals surface area contributed by atoms with Crippen LogP contribution in [0.15, 0.2) is 10.5 Å². The quantitative estimate of drug-likeness (QED) is 0.895. The third-order valence-corrected chi connectivity index (χ3v) is 6.26. The van der Waals surface area contributed by atoms with Gasteiger partial charge < -0.3 is 9.73 Å². The molecule has 1 heterocycles. The molecule has 2 nitrogen and oxygen atoms in total. The van der Waals surface area contributed by atoms with Crippen molar-refractivity contribution in [3.63, 3.8) is 0 Å². The fourth-order valence-electron chi connectivity index (χ4n) is 5.60. The van der Waals surface area contributed by atoms with Gasteiger partial charge in [-0.1, -0.05) is 0 Å². The Balaban J connectivity index is 1.35. The molecule has 0 aliphatic heterocycles. The summed E-state index contributed by atoms with van der Waals surface area (Å²) in [6.07, 6.45) is 7.68. The van der Waals surface area contributed by atoms with Crippen LogP contribution in [0.2, 0.25) is 0 Å². The molecule has 0 unspecified atom stereocenters. The minimum atomic E-state index is 0.955. The average Bonchev–Trinajstić information content (AvgIpc) is 2.70. The lowest BCUT2D eigenvalue weighted by Gasteiger charge is -2.54. The molecule has 4 saturated carbocycles. The highest BCUT2D eigenvalue weighted by Gasteiger charge is 2.47. The smallest absolute Gasteiger partial charge is 0.105 e. The van der Waals surface area contributed by atoms with Crippen LogP contribution < -0.4 is 5.32 Å². The monoisotopic (exact) mass is 273 g/mol. The van der Waals surface area contributed by atoms with Crippen molar-refractivity contribution < 1.29 is 4.42 Å². The van der Waals surface area contributed by atoms with Crippen LogP contribution in [0.25, 0.3) is 0 Å².